The van der Waals surface area contributed by atoms with Crippen molar-refractivity contribution in [3.8, 4) is 0 Å². The maximum atomic E-state index is 11.1. The first kappa shape index (κ1) is 11.5. The fourth-order valence-electron chi connectivity index (χ4n) is 0.966. The average molecular weight is 209 g/mol. The first-order valence-electron chi connectivity index (χ1n) is 4.72. The summed E-state index contributed by atoms with van der Waals surface area (Å²) in [4.78, 5) is 11.1. The molecule has 0 bridgehead atoms. The lowest BCUT2D eigenvalue weighted by Crippen LogP contribution is -2.40. The Hall–Kier alpha value is -1.59. The number of rotatable bonds is 5. The van der Waals surface area contributed by atoms with Crippen LogP contribution in [0.25, 0.3) is 0 Å². The molecule has 1 rings (SSSR count). The summed E-state index contributed by atoms with van der Waals surface area (Å²) in [5.41, 5.74) is 11.2. The van der Waals surface area contributed by atoms with Crippen molar-refractivity contribution >= 4 is 6.09 Å². The highest BCUT2D eigenvalue weighted by molar-refractivity contribution is 5.66. The van der Waals surface area contributed by atoms with Gasteiger partial charge in [-0.2, -0.15) is 0 Å². The molecule has 0 spiro atoms. The molecule has 82 valence electrons. The third-order valence-electron chi connectivity index (χ3n) is 1.67. The molecule has 0 saturated carbocycles. The summed E-state index contributed by atoms with van der Waals surface area (Å²) in [7, 11) is 0. The number of nitrogens with one attached hydrogen (secondary N) is 2. The quantitative estimate of drug-likeness (QED) is 0.484. The van der Waals surface area contributed by atoms with Crippen LogP contribution in [0.5, 0.6) is 0 Å². The highest BCUT2D eigenvalue weighted by Crippen LogP contribution is 1.99. The van der Waals surface area contributed by atoms with Crippen molar-refractivity contribution in [1.82, 2.24) is 10.9 Å². The molecule has 4 N–H and O–H groups in total. The fourth-order valence-corrected chi connectivity index (χ4v) is 0.966. The van der Waals surface area contributed by atoms with Gasteiger partial charge in [-0.1, -0.05) is 30.3 Å². The molecule has 0 heterocycles. The Labute approximate surface area is 88.6 Å². The standard InChI is InChI=1S/C10H15N3O2/c11-6-7-12-13-10(14)15-8-9-4-2-1-3-5-9/h1-5,12H,6-8,11H2,(H,13,14). The molecule has 0 radical (unpaired) electrons. The number of ether oxygens (including phenoxy) is 1. The lowest BCUT2D eigenvalue weighted by atomic mass is 10.2. The van der Waals surface area contributed by atoms with Gasteiger partial charge in [0.1, 0.15) is 6.61 Å². The summed E-state index contributed by atoms with van der Waals surface area (Å²) in [6.07, 6.45) is -0.507. The van der Waals surface area contributed by atoms with Gasteiger partial charge in [-0.15, -0.1) is 0 Å². The highest BCUT2D eigenvalue weighted by atomic mass is 16.6. The molecule has 5 nitrogen and oxygen atoms in total. The fraction of sp³-hybridized carbons (Fsp3) is 0.300. The second-order valence-corrected chi connectivity index (χ2v) is 2.90. The Bertz CT molecular complexity index is 290. The van der Waals surface area contributed by atoms with E-state index < -0.39 is 6.09 Å². The van der Waals surface area contributed by atoms with E-state index in [2.05, 4.69) is 10.9 Å². The van der Waals surface area contributed by atoms with E-state index in [1.807, 2.05) is 30.3 Å². The Balaban J connectivity index is 2.17. The van der Waals surface area contributed by atoms with Gasteiger partial charge < -0.3 is 10.5 Å². The minimum absolute atomic E-state index is 0.261. The second kappa shape index (κ2) is 6.80. The van der Waals surface area contributed by atoms with E-state index in [9.17, 15) is 4.79 Å². The van der Waals surface area contributed by atoms with Crippen molar-refractivity contribution < 1.29 is 9.53 Å². The number of benzene rings is 1. The maximum absolute atomic E-state index is 11.1. The van der Waals surface area contributed by atoms with Crippen LogP contribution in [0.4, 0.5) is 4.79 Å². The number of carbonyl (C=O) groups excluding carboxylic acids is 1. The van der Waals surface area contributed by atoms with E-state index in [-0.39, 0.29) is 6.61 Å². The third-order valence-corrected chi connectivity index (χ3v) is 1.67. The molecule has 0 saturated heterocycles. The van der Waals surface area contributed by atoms with Gasteiger partial charge in [-0.05, 0) is 5.56 Å². The van der Waals surface area contributed by atoms with Crippen LogP contribution >= 0.6 is 0 Å². The predicted molar refractivity (Wildman–Crippen MR) is 56.8 cm³/mol. The van der Waals surface area contributed by atoms with Gasteiger partial charge in [0, 0.05) is 13.1 Å². The van der Waals surface area contributed by atoms with Crippen LogP contribution in [0, 0.1) is 0 Å². The van der Waals surface area contributed by atoms with Crippen molar-refractivity contribution in [3.05, 3.63) is 35.9 Å². The molecule has 0 aromatic heterocycles. The highest BCUT2D eigenvalue weighted by Gasteiger charge is 2.00. The average Bonchev–Trinajstić information content (AvgIpc) is 2.28. The van der Waals surface area contributed by atoms with E-state index in [4.69, 9.17) is 10.5 Å². The number of carbonyl (C=O) groups is 1. The Kier molecular flexibility index (Phi) is 5.21. The lowest BCUT2D eigenvalue weighted by molar-refractivity contribution is 0.135. The monoisotopic (exact) mass is 209 g/mol. The topological polar surface area (TPSA) is 76.4 Å². The maximum Gasteiger partial charge on any atom is 0.421 e. The van der Waals surface area contributed by atoms with Crippen LogP contribution in [-0.2, 0) is 11.3 Å². The largest absolute Gasteiger partial charge is 0.444 e. The first-order valence-corrected chi connectivity index (χ1v) is 4.72. The molecule has 0 aliphatic carbocycles. The zero-order valence-corrected chi connectivity index (χ0v) is 8.40. The molecular formula is C10H15N3O2. The molecule has 1 aromatic carbocycles. The van der Waals surface area contributed by atoms with Gasteiger partial charge in [0.2, 0.25) is 0 Å². The minimum Gasteiger partial charge on any atom is -0.444 e. The molecule has 0 atom stereocenters. The van der Waals surface area contributed by atoms with Crippen molar-refractivity contribution in [2.45, 2.75) is 6.61 Å². The smallest absolute Gasteiger partial charge is 0.421 e. The van der Waals surface area contributed by atoms with E-state index >= 15 is 0 Å². The van der Waals surface area contributed by atoms with Crippen LogP contribution < -0.4 is 16.6 Å². The molecule has 1 amide bonds. The zero-order chi connectivity index (χ0) is 10.9. The third kappa shape index (κ3) is 4.99. The Morgan fingerprint density at radius 2 is 2.07 bits per heavy atom. The van der Waals surface area contributed by atoms with Crippen LogP contribution in [0.1, 0.15) is 5.56 Å². The summed E-state index contributed by atoms with van der Waals surface area (Å²) in [5.74, 6) is 0. The second-order valence-electron chi connectivity index (χ2n) is 2.90. The van der Waals surface area contributed by atoms with E-state index in [0.29, 0.717) is 13.1 Å². The SMILES string of the molecule is NCCNNC(=O)OCc1ccccc1. The van der Waals surface area contributed by atoms with Gasteiger partial charge in [-0.3, -0.25) is 5.43 Å². The lowest BCUT2D eigenvalue weighted by Gasteiger charge is -2.07. The molecule has 15 heavy (non-hydrogen) atoms. The molecule has 1 aromatic rings. The summed E-state index contributed by atoms with van der Waals surface area (Å²) < 4.78 is 4.92. The van der Waals surface area contributed by atoms with Crippen LogP contribution in [0.2, 0.25) is 0 Å². The van der Waals surface area contributed by atoms with Crippen LogP contribution in [0.15, 0.2) is 30.3 Å². The molecule has 0 unspecified atom stereocenters. The van der Waals surface area contributed by atoms with Gasteiger partial charge in [0.25, 0.3) is 0 Å². The summed E-state index contributed by atoms with van der Waals surface area (Å²) >= 11 is 0. The Morgan fingerprint density at radius 3 is 2.73 bits per heavy atom. The molecule has 0 fully saturated rings. The van der Waals surface area contributed by atoms with Crippen LogP contribution in [-0.4, -0.2) is 19.2 Å². The van der Waals surface area contributed by atoms with Crippen LogP contribution in [0.3, 0.4) is 0 Å². The normalized spacial score (nSPS) is 9.67. The number of hydrogen-bond acceptors (Lipinski definition) is 4. The molecule has 0 aliphatic rings. The van der Waals surface area contributed by atoms with Gasteiger partial charge in [0.05, 0.1) is 0 Å². The summed E-state index contributed by atoms with van der Waals surface area (Å²) in [6.45, 7) is 1.23. The number of hydrazine groups is 1. The molecular weight excluding hydrogens is 194 g/mol. The predicted octanol–water partition coefficient (Wildman–Crippen LogP) is 0.376. The van der Waals surface area contributed by atoms with Gasteiger partial charge in [0.15, 0.2) is 0 Å². The number of amides is 1. The van der Waals surface area contributed by atoms with Crippen molar-refractivity contribution in [2.75, 3.05) is 13.1 Å². The minimum atomic E-state index is -0.507. The van der Waals surface area contributed by atoms with Gasteiger partial charge >= 0.3 is 6.09 Å². The van der Waals surface area contributed by atoms with E-state index in [0.717, 1.165) is 5.56 Å². The molecule has 0 aliphatic heterocycles. The van der Waals surface area contributed by atoms with Crippen molar-refractivity contribution in [3.63, 3.8) is 0 Å². The number of hydrogen-bond donors (Lipinski definition) is 3. The number of nitrogens with two attached hydrogens (primary N) is 1. The van der Waals surface area contributed by atoms with Crippen molar-refractivity contribution in [2.24, 2.45) is 5.73 Å². The Morgan fingerprint density at radius 1 is 1.33 bits per heavy atom. The van der Waals surface area contributed by atoms with Crippen molar-refractivity contribution in [1.29, 1.82) is 0 Å². The van der Waals surface area contributed by atoms with Gasteiger partial charge in [-0.25, -0.2) is 10.2 Å². The first-order chi connectivity index (χ1) is 7.33. The van der Waals surface area contributed by atoms with E-state index in [1.54, 1.807) is 0 Å². The summed E-state index contributed by atoms with van der Waals surface area (Å²) in [6, 6.07) is 9.47. The van der Waals surface area contributed by atoms with E-state index in [1.165, 1.54) is 0 Å². The molecule has 5 heteroatoms. The summed E-state index contributed by atoms with van der Waals surface area (Å²) in [5, 5.41) is 0. The zero-order valence-electron chi connectivity index (χ0n) is 8.40.